The van der Waals surface area contributed by atoms with Crippen molar-refractivity contribution in [3.8, 4) is 5.69 Å². The maximum atomic E-state index is 6.07. The number of nitrogens with zero attached hydrogens (tertiary/aromatic N) is 2. The predicted molar refractivity (Wildman–Crippen MR) is 95.8 cm³/mol. The van der Waals surface area contributed by atoms with Crippen LogP contribution in [0.3, 0.4) is 0 Å². The van der Waals surface area contributed by atoms with Crippen LogP contribution in [0.25, 0.3) is 16.7 Å². The van der Waals surface area contributed by atoms with E-state index in [0.717, 1.165) is 27.0 Å². The molecule has 0 bridgehead atoms. The molecule has 0 N–H and O–H groups in total. The third-order valence-corrected chi connectivity index (χ3v) is 4.98. The van der Waals surface area contributed by atoms with Crippen molar-refractivity contribution in [1.29, 1.82) is 0 Å². The van der Waals surface area contributed by atoms with Gasteiger partial charge in [0, 0.05) is 13.7 Å². The fourth-order valence-electron chi connectivity index (χ4n) is 2.20. The van der Waals surface area contributed by atoms with Crippen LogP contribution in [-0.2, 0) is 5.88 Å². The van der Waals surface area contributed by atoms with E-state index in [1.807, 2.05) is 0 Å². The molecular formula is C15H11BrClIN2. The number of hydrogen-bond acceptors (Lipinski definition) is 1. The van der Waals surface area contributed by atoms with Gasteiger partial charge < -0.3 is 0 Å². The summed E-state index contributed by atoms with van der Waals surface area (Å²) in [5.41, 5.74) is 4.34. The Balaban J connectivity index is 2.30. The second kappa shape index (κ2) is 5.66. The quantitative estimate of drug-likeness (QED) is 0.367. The van der Waals surface area contributed by atoms with Crippen molar-refractivity contribution in [2.24, 2.45) is 0 Å². The van der Waals surface area contributed by atoms with E-state index < -0.39 is 0 Å². The summed E-state index contributed by atoms with van der Waals surface area (Å²) < 4.78 is 4.37. The largest absolute Gasteiger partial charge is 0.295 e. The first-order valence-electron chi connectivity index (χ1n) is 6.09. The van der Waals surface area contributed by atoms with Crippen LogP contribution in [0, 0.1) is 10.5 Å². The molecule has 102 valence electrons. The molecule has 0 radical (unpaired) electrons. The molecule has 1 aromatic heterocycles. The Labute approximate surface area is 144 Å². The SMILES string of the molecule is Cc1ccc(-n2c(CCl)nc3cc(I)ccc32)cc1Br. The van der Waals surface area contributed by atoms with E-state index in [0.29, 0.717) is 5.88 Å². The van der Waals surface area contributed by atoms with Gasteiger partial charge in [-0.15, -0.1) is 11.6 Å². The number of alkyl halides is 1. The fraction of sp³-hybridized carbons (Fsp3) is 0.133. The van der Waals surface area contributed by atoms with Gasteiger partial charge in [0.2, 0.25) is 0 Å². The van der Waals surface area contributed by atoms with Gasteiger partial charge in [-0.2, -0.15) is 0 Å². The second-order valence-corrected chi connectivity index (χ2v) is 6.93. The first-order chi connectivity index (χ1) is 9.60. The van der Waals surface area contributed by atoms with Crippen LogP contribution in [0.5, 0.6) is 0 Å². The molecule has 20 heavy (non-hydrogen) atoms. The highest BCUT2D eigenvalue weighted by atomic mass is 127. The maximum Gasteiger partial charge on any atom is 0.129 e. The zero-order valence-electron chi connectivity index (χ0n) is 10.7. The zero-order valence-corrected chi connectivity index (χ0v) is 15.2. The molecular weight excluding hydrogens is 450 g/mol. The van der Waals surface area contributed by atoms with Crippen molar-refractivity contribution >= 4 is 61.2 Å². The fourth-order valence-corrected chi connectivity index (χ4v) is 3.22. The normalized spacial score (nSPS) is 11.2. The molecule has 0 amide bonds. The molecule has 5 heteroatoms. The van der Waals surface area contributed by atoms with Crippen LogP contribution in [0.15, 0.2) is 40.9 Å². The van der Waals surface area contributed by atoms with Crippen molar-refractivity contribution < 1.29 is 0 Å². The molecule has 1 heterocycles. The van der Waals surface area contributed by atoms with E-state index in [1.54, 1.807) is 0 Å². The van der Waals surface area contributed by atoms with Gasteiger partial charge in [0.1, 0.15) is 5.82 Å². The zero-order chi connectivity index (χ0) is 14.3. The van der Waals surface area contributed by atoms with Gasteiger partial charge in [0.25, 0.3) is 0 Å². The Morgan fingerprint density at radius 1 is 1.25 bits per heavy atom. The van der Waals surface area contributed by atoms with Crippen molar-refractivity contribution in [2.75, 3.05) is 0 Å². The average molecular weight is 462 g/mol. The van der Waals surface area contributed by atoms with Crippen molar-refractivity contribution in [1.82, 2.24) is 9.55 Å². The molecule has 0 spiro atoms. The summed E-state index contributed by atoms with van der Waals surface area (Å²) in [6, 6.07) is 12.5. The molecule has 2 aromatic carbocycles. The van der Waals surface area contributed by atoms with Gasteiger partial charge in [-0.3, -0.25) is 4.57 Å². The van der Waals surface area contributed by atoms with Crippen molar-refractivity contribution in [3.05, 3.63) is 55.8 Å². The number of fused-ring (bicyclic) bond motifs is 1. The summed E-state index contributed by atoms with van der Waals surface area (Å²) >= 11 is 11.9. The van der Waals surface area contributed by atoms with Gasteiger partial charge in [-0.05, 0) is 65.4 Å². The Hall–Kier alpha value is -0.590. The lowest BCUT2D eigenvalue weighted by Crippen LogP contribution is -1.99. The Kier molecular flexibility index (Phi) is 4.06. The lowest BCUT2D eigenvalue weighted by molar-refractivity contribution is 0.980. The van der Waals surface area contributed by atoms with Crippen LogP contribution >= 0.6 is 50.1 Å². The Morgan fingerprint density at radius 2 is 2.05 bits per heavy atom. The van der Waals surface area contributed by atoms with Gasteiger partial charge in [-0.25, -0.2) is 4.98 Å². The van der Waals surface area contributed by atoms with Gasteiger partial charge in [-0.1, -0.05) is 22.0 Å². The highest BCUT2D eigenvalue weighted by Gasteiger charge is 2.12. The Bertz CT molecular complexity index is 798. The summed E-state index contributed by atoms with van der Waals surface area (Å²) in [5.74, 6) is 1.25. The molecule has 3 aromatic rings. The standard InChI is InChI=1S/C15H11BrClIN2/c1-9-2-4-11(7-12(9)16)20-14-5-3-10(18)6-13(14)19-15(20)8-17/h2-7H,8H2,1H3. The minimum Gasteiger partial charge on any atom is -0.295 e. The van der Waals surface area contributed by atoms with Gasteiger partial charge >= 0.3 is 0 Å². The molecule has 0 aliphatic heterocycles. The first-order valence-corrected chi connectivity index (χ1v) is 8.50. The predicted octanol–water partition coefficient (Wildman–Crippen LogP) is 5.44. The number of rotatable bonds is 2. The van der Waals surface area contributed by atoms with Gasteiger partial charge in [0.05, 0.1) is 16.9 Å². The van der Waals surface area contributed by atoms with Crippen LogP contribution in [0.2, 0.25) is 0 Å². The molecule has 0 aliphatic carbocycles. The summed E-state index contributed by atoms with van der Waals surface area (Å²) in [6.07, 6.45) is 0. The third-order valence-electron chi connectivity index (χ3n) is 3.22. The molecule has 2 nitrogen and oxygen atoms in total. The minimum atomic E-state index is 0.386. The van der Waals surface area contributed by atoms with E-state index in [9.17, 15) is 0 Å². The highest BCUT2D eigenvalue weighted by molar-refractivity contribution is 14.1. The molecule has 0 aliphatic rings. The third kappa shape index (κ3) is 2.49. The monoisotopic (exact) mass is 460 g/mol. The summed E-state index contributed by atoms with van der Waals surface area (Å²) in [6.45, 7) is 2.07. The molecule has 0 unspecified atom stereocenters. The van der Waals surface area contributed by atoms with Crippen LogP contribution in [0.4, 0.5) is 0 Å². The van der Waals surface area contributed by atoms with E-state index in [4.69, 9.17) is 11.6 Å². The van der Waals surface area contributed by atoms with Crippen LogP contribution in [-0.4, -0.2) is 9.55 Å². The molecule has 0 atom stereocenters. The van der Waals surface area contributed by atoms with E-state index >= 15 is 0 Å². The molecule has 3 rings (SSSR count). The smallest absolute Gasteiger partial charge is 0.129 e. The van der Waals surface area contributed by atoms with Crippen molar-refractivity contribution in [2.45, 2.75) is 12.8 Å². The summed E-state index contributed by atoms with van der Waals surface area (Å²) in [5, 5.41) is 0. The first kappa shape index (κ1) is 14.4. The van der Waals surface area contributed by atoms with Crippen LogP contribution in [0.1, 0.15) is 11.4 Å². The van der Waals surface area contributed by atoms with Crippen LogP contribution < -0.4 is 0 Å². The maximum absolute atomic E-state index is 6.07. The number of aromatic nitrogens is 2. The number of aryl methyl sites for hydroxylation is 1. The van der Waals surface area contributed by atoms with E-state index in [1.165, 1.54) is 9.13 Å². The van der Waals surface area contributed by atoms with E-state index in [2.05, 4.69) is 91.4 Å². The van der Waals surface area contributed by atoms with Crippen molar-refractivity contribution in [3.63, 3.8) is 0 Å². The lowest BCUT2D eigenvalue weighted by atomic mass is 10.2. The second-order valence-electron chi connectivity index (χ2n) is 4.56. The topological polar surface area (TPSA) is 17.8 Å². The minimum absolute atomic E-state index is 0.386. The number of benzene rings is 2. The summed E-state index contributed by atoms with van der Waals surface area (Å²) in [7, 11) is 0. The Morgan fingerprint density at radius 3 is 2.75 bits per heavy atom. The lowest BCUT2D eigenvalue weighted by Gasteiger charge is -2.09. The molecule has 0 saturated carbocycles. The molecule has 0 saturated heterocycles. The number of imidazole rings is 1. The number of halogens is 3. The highest BCUT2D eigenvalue weighted by Crippen LogP contribution is 2.27. The number of hydrogen-bond donors (Lipinski definition) is 0. The molecule has 0 fully saturated rings. The van der Waals surface area contributed by atoms with Gasteiger partial charge in [0.15, 0.2) is 0 Å². The average Bonchev–Trinajstić information content (AvgIpc) is 2.79. The van der Waals surface area contributed by atoms with E-state index in [-0.39, 0.29) is 0 Å². The summed E-state index contributed by atoms with van der Waals surface area (Å²) in [4.78, 5) is 4.63.